The van der Waals surface area contributed by atoms with Crippen LogP contribution >= 0.6 is 15.9 Å². The highest BCUT2D eigenvalue weighted by atomic mass is 79.9. The van der Waals surface area contributed by atoms with Crippen LogP contribution in [0.5, 0.6) is 17.2 Å². The average Bonchev–Trinajstić information content (AvgIpc) is 2.84. The van der Waals surface area contributed by atoms with E-state index >= 15 is 0 Å². The second kappa shape index (κ2) is 11.9. The summed E-state index contributed by atoms with van der Waals surface area (Å²) < 4.78 is 17.1. The van der Waals surface area contributed by atoms with Crippen molar-refractivity contribution in [2.45, 2.75) is 13.5 Å². The molecule has 3 rings (SSSR count). The van der Waals surface area contributed by atoms with Gasteiger partial charge in [-0.2, -0.15) is 5.10 Å². The lowest BCUT2D eigenvalue weighted by Crippen LogP contribution is -2.32. The minimum atomic E-state index is -0.906. The maximum atomic E-state index is 12.0. The van der Waals surface area contributed by atoms with Crippen LogP contribution in [-0.2, 0) is 16.2 Å². The molecule has 3 aromatic carbocycles. The second-order valence-electron chi connectivity index (χ2n) is 7.19. The van der Waals surface area contributed by atoms with E-state index in [0.717, 1.165) is 5.56 Å². The number of anilines is 1. The first-order valence-electron chi connectivity index (χ1n) is 10.2. The van der Waals surface area contributed by atoms with Crippen molar-refractivity contribution in [1.29, 1.82) is 0 Å². The Kier molecular flexibility index (Phi) is 8.64. The zero-order valence-corrected chi connectivity index (χ0v) is 20.5. The fourth-order valence-electron chi connectivity index (χ4n) is 2.87. The third-order valence-electron chi connectivity index (χ3n) is 4.69. The summed E-state index contributed by atoms with van der Waals surface area (Å²) in [5, 5.41) is 6.34. The predicted molar refractivity (Wildman–Crippen MR) is 134 cm³/mol. The van der Waals surface area contributed by atoms with Gasteiger partial charge in [-0.3, -0.25) is 9.59 Å². The van der Waals surface area contributed by atoms with Gasteiger partial charge in [0.05, 0.1) is 24.9 Å². The number of nitrogens with zero attached hydrogens (tertiary/aromatic N) is 1. The number of nitrogens with one attached hydrogen (secondary N) is 2. The molecule has 0 radical (unpaired) electrons. The molecule has 2 amide bonds. The molecule has 0 aliphatic heterocycles. The van der Waals surface area contributed by atoms with Gasteiger partial charge in [-0.1, -0.05) is 29.8 Å². The van der Waals surface area contributed by atoms with Crippen molar-refractivity contribution >= 4 is 39.6 Å². The van der Waals surface area contributed by atoms with Gasteiger partial charge in [0.15, 0.2) is 11.5 Å². The molecule has 0 unspecified atom stereocenters. The van der Waals surface area contributed by atoms with E-state index in [-0.39, 0.29) is 0 Å². The Morgan fingerprint density at radius 3 is 2.32 bits per heavy atom. The van der Waals surface area contributed by atoms with Crippen molar-refractivity contribution in [3.05, 3.63) is 81.8 Å². The van der Waals surface area contributed by atoms with Crippen LogP contribution < -0.4 is 25.0 Å². The van der Waals surface area contributed by atoms with Gasteiger partial charge in [0.25, 0.3) is 0 Å². The van der Waals surface area contributed by atoms with Crippen LogP contribution in [0.4, 0.5) is 5.69 Å². The van der Waals surface area contributed by atoms with Gasteiger partial charge in [0.2, 0.25) is 0 Å². The molecule has 0 aliphatic carbocycles. The highest BCUT2D eigenvalue weighted by Gasteiger charge is 2.14. The van der Waals surface area contributed by atoms with Crippen LogP contribution in [0, 0.1) is 6.92 Å². The topological polar surface area (TPSA) is 98.2 Å². The van der Waals surface area contributed by atoms with E-state index in [2.05, 4.69) is 31.8 Å². The summed E-state index contributed by atoms with van der Waals surface area (Å²) in [7, 11) is 3.08. The van der Waals surface area contributed by atoms with Gasteiger partial charge in [0.1, 0.15) is 12.4 Å². The van der Waals surface area contributed by atoms with Gasteiger partial charge in [-0.15, -0.1) is 0 Å². The zero-order chi connectivity index (χ0) is 24.5. The predicted octanol–water partition coefficient (Wildman–Crippen LogP) is 4.44. The monoisotopic (exact) mass is 525 g/mol. The quantitative estimate of drug-likeness (QED) is 0.257. The maximum absolute atomic E-state index is 12.0. The van der Waals surface area contributed by atoms with Crippen LogP contribution in [0.3, 0.4) is 0 Å². The molecule has 2 N–H and O–H groups in total. The molecule has 0 saturated carbocycles. The van der Waals surface area contributed by atoms with E-state index < -0.39 is 11.8 Å². The zero-order valence-electron chi connectivity index (χ0n) is 18.9. The van der Waals surface area contributed by atoms with E-state index in [4.69, 9.17) is 14.2 Å². The highest BCUT2D eigenvalue weighted by molar-refractivity contribution is 9.10. The summed E-state index contributed by atoms with van der Waals surface area (Å²) in [5.74, 6) is -0.0769. The Balaban J connectivity index is 1.60. The first kappa shape index (κ1) is 24.8. The van der Waals surface area contributed by atoms with Gasteiger partial charge < -0.3 is 19.5 Å². The highest BCUT2D eigenvalue weighted by Crippen LogP contribution is 2.36. The molecule has 3 aromatic rings. The lowest BCUT2D eigenvalue weighted by Gasteiger charge is -2.13. The SMILES string of the molecule is COc1ccc(NC(=O)C(=O)N/N=C/c2cc(Br)c(OCc3ccc(C)cc3)c(OC)c2)cc1. The first-order chi connectivity index (χ1) is 16.4. The number of hydrazone groups is 1. The number of ether oxygens (including phenoxy) is 3. The van der Waals surface area contributed by atoms with Crippen molar-refractivity contribution in [3.63, 3.8) is 0 Å². The number of methoxy groups -OCH3 is 2. The normalized spacial score (nSPS) is 10.6. The molecule has 0 fully saturated rings. The Morgan fingerprint density at radius 1 is 0.971 bits per heavy atom. The molecule has 9 heteroatoms. The lowest BCUT2D eigenvalue weighted by atomic mass is 10.2. The fraction of sp³-hybridized carbons (Fsp3) is 0.160. The van der Waals surface area contributed by atoms with E-state index in [9.17, 15) is 9.59 Å². The third kappa shape index (κ3) is 6.82. The summed E-state index contributed by atoms with van der Waals surface area (Å²) >= 11 is 3.49. The molecular formula is C25H24BrN3O5. The molecule has 0 heterocycles. The Labute approximate surface area is 206 Å². The third-order valence-corrected chi connectivity index (χ3v) is 5.28. The number of rotatable bonds is 8. The number of amides is 2. The average molecular weight is 526 g/mol. The first-order valence-corrected chi connectivity index (χ1v) is 11.0. The van der Waals surface area contributed by atoms with Gasteiger partial charge in [0, 0.05) is 5.69 Å². The lowest BCUT2D eigenvalue weighted by molar-refractivity contribution is -0.136. The smallest absolute Gasteiger partial charge is 0.329 e. The number of halogens is 1. The summed E-state index contributed by atoms with van der Waals surface area (Å²) in [5.41, 5.74) is 5.49. The Bertz CT molecular complexity index is 1180. The van der Waals surface area contributed by atoms with E-state index in [0.29, 0.717) is 39.6 Å². The van der Waals surface area contributed by atoms with E-state index in [1.165, 1.54) is 18.9 Å². The van der Waals surface area contributed by atoms with E-state index in [1.54, 1.807) is 43.5 Å². The van der Waals surface area contributed by atoms with Crippen molar-refractivity contribution in [2.24, 2.45) is 5.10 Å². The molecule has 0 bridgehead atoms. The molecule has 0 atom stereocenters. The largest absolute Gasteiger partial charge is 0.497 e. The maximum Gasteiger partial charge on any atom is 0.329 e. The number of carbonyl (C=O) groups is 2. The molecular weight excluding hydrogens is 502 g/mol. The summed E-state index contributed by atoms with van der Waals surface area (Å²) in [6, 6.07) is 18.1. The minimum absolute atomic E-state index is 0.377. The van der Waals surface area contributed by atoms with Crippen LogP contribution in [0.2, 0.25) is 0 Å². The van der Waals surface area contributed by atoms with Crippen LogP contribution in [0.15, 0.2) is 70.2 Å². The minimum Gasteiger partial charge on any atom is -0.497 e. The number of hydrogen-bond acceptors (Lipinski definition) is 6. The molecule has 8 nitrogen and oxygen atoms in total. The van der Waals surface area contributed by atoms with Gasteiger partial charge >= 0.3 is 11.8 Å². The van der Waals surface area contributed by atoms with Crippen LogP contribution in [0.1, 0.15) is 16.7 Å². The van der Waals surface area contributed by atoms with Crippen molar-refractivity contribution in [1.82, 2.24) is 5.43 Å². The van der Waals surface area contributed by atoms with Crippen molar-refractivity contribution < 1.29 is 23.8 Å². The summed E-state index contributed by atoms with van der Waals surface area (Å²) in [6.45, 7) is 2.41. The fourth-order valence-corrected chi connectivity index (χ4v) is 3.45. The van der Waals surface area contributed by atoms with Gasteiger partial charge in [-0.05, 0) is 70.4 Å². The number of hydrogen-bond donors (Lipinski definition) is 2. The van der Waals surface area contributed by atoms with Crippen LogP contribution in [0.25, 0.3) is 0 Å². The van der Waals surface area contributed by atoms with Crippen molar-refractivity contribution in [3.8, 4) is 17.2 Å². The number of benzene rings is 3. The van der Waals surface area contributed by atoms with Gasteiger partial charge in [-0.25, -0.2) is 5.43 Å². The molecule has 0 aromatic heterocycles. The van der Waals surface area contributed by atoms with E-state index in [1.807, 2.05) is 31.2 Å². The molecule has 176 valence electrons. The second-order valence-corrected chi connectivity index (χ2v) is 8.04. The number of aryl methyl sites for hydroxylation is 1. The summed E-state index contributed by atoms with van der Waals surface area (Å²) in [4.78, 5) is 24.1. The molecule has 34 heavy (non-hydrogen) atoms. The Hall–Kier alpha value is -3.85. The molecule has 0 saturated heterocycles. The Morgan fingerprint density at radius 2 is 1.68 bits per heavy atom. The molecule has 0 spiro atoms. The summed E-state index contributed by atoms with van der Waals surface area (Å²) in [6.07, 6.45) is 1.40. The standard InChI is InChI=1S/C25H24BrN3O5/c1-16-4-6-17(7-5-16)15-34-23-21(26)12-18(13-22(23)33-3)14-27-29-25(31)24(30)28-19-8-10-20(32-2)11-9-19/h4-14H,15H2,1-3H3,(H,28,30)(H,29,31)/b27-14+. The number of carbonyl (C=O) groups excluding carboxylic acids is 2. The van der Waals surface area contributed by atoms with Crippen molar-refractivity contribution in [2.75, 3.05) is 19.5 Å². The molecule has 0 aliphatic rings. The van der Waals surface area contributed by atoms with Crippen LogP contribution in [-0.4, -0.2) is 32.2 Å².